The van der Waals surface area contributed by atoms with Gasteiger partial charge in [0.05, 0.1) is 5.69 Å². The van der Waals surface area contributed by atoms with Crippen LogP contribution in [0.15, 0.2) is 66.7 Å². The van der Waals surface area contributed by atoms with Crippen molar-refractivity contribution in [2.24, 2.45) is 0 Å². The molecule has 3 aromatic carbocycles. The standard InChI is InChI=1S/C21H20N2O2/c22-16-7-10-21(18(23)13-16)24-17-8-11-20-15(12-17)6-9-19(25-20)14-4-2-1-3-5-14/h1-5,7-8,10-13,19H,6,9,22-23H2. The Hall–Kier alpha value is -3.14. The number of fused-ring (bicyclic) bond motifs is 1. The number of hydrogen-bond acceptors (Lipinski definition) is 4. The molecular formula is C21H20N2O2. The summed E-state index contributed by atoms with van der Waals surface area (Å²) in [5.74, 6) is 2.27. The average Bonchev–Trinajstić information content (AvgIpc) is 2.64. The third kappa shape index (κ3) is 3.24. The first-order valence-electron chi connectivity index (χ1n) is 8.36. The van der Waals surface area contributed by atoms with E-state index in [-0.39, 0.29) is 6.10 Å². The van der Waals surface area contributed by atoms with Crippen LogP contribution in [0.3, 0.4) is 0 Å². The summed E-state index contributed by atoms with van der Waals surface area (Å²) in [5.41, 5.74) is 15.2. The SMILES string of the molecule is Nc1ccc(Oc2ccc3c(c2)CCC(c2ccccc2)O3)c(N)c1. The molecule has 126 valence electrons. The van der Waals surface area contributed by atoms with Crippen molar-refractivity contribution in [2.75, 3.05) is 11.5 Å². The zero-order chi connectivity index (χ0) is 17.2. The van der Waals surface area contributed by atoms with Gasteiger partial charge in [-0.25, -0.2) is 0 Å². The fourth-order valence-electron chi connectivity index (χ4n) is 3.12. The van der Waals surface area contributed by atoms with Gasteiger partial charge in [-0.1, -0.05) is 30.3 Å². The molecule has 0 radical (unpaired) electrons. The van der Waals surface area contributed by atoms with Crippen LogP contribution in [0.5, 0.6) is 17.2 Å². The van der Waals surface area contributed by atoms with Crippen molar-refractivity contribution in [3.8, 4) is 17.2 Å². The number of benzene rings is 3. The molecule has 0 saturated carbocycles. The van der Waals surface area contributed by atoms with E-state index in [1.54, 1.807) is 18.2 Å². The molecule has 1 unspecified atom stereocenters. The van der Waals surface area contributed by atoms with Gasteiger partial charge in [-0.3, -0.25) is 0 Å². The highest BCUT2D eigenvalue weighted by Gasteiger charge is 2.21. The first-order valence-corrected chi connectivity index (χ1v) is 8.36. The summed E-state index contributed by atoms with van der Waals surface area (Å²) in [6.07, 6.45) is 2.00. The molecule has 4 N–H and O–H groups in total. The maximum Gasteiger partial charge on any atom is 0.150 e. The van der Waals surface area contributed by atoms with Crippen molar-refractivity contribution in [3.63, 3.8) is 0 Å². The predicted molar refractivity (Wildman–Crippen MR) is 99.9 cm³/mol. The first-order chi connectivity index (χ1) is 12.2. The van der Waals surface area contributed by atoms with Crippen LogP contribution in [0.1, 0.15) is 23.7 Å². The molecule has 0 fully saturated rings. The van der Waals surface area contributed by atoms with E-state index < -0.39 is 0 Å². The highest BCUT2D eigenvalue weighted by Crippen LogP contribution is 2.38. The van der Waals surface area contributed by atoms with Gasteiger partial charge in [-0.05, 0) is 60.4 Å². The smallest absolute Gasteiger partial charge is 0.150 e. The van der Waals surface area contributed by atoms with Crippen LogP contribution in [0.2, 0.25) is 0 Å². The third-order valence-corrected chi connectivity index (χ3v) is 4.41. The summed E-state index contributed by atoms with van der Waals surface area (Å²) in [5, 5.41) is 0. The minimum Gasteiger partial charge on any atom is -0.485 e. The molecule has 0 bridgehead atoms. The predicted octanol–water partition coefficient (Wildman–Crippen LogP) is 4.71. The van der Waals surface area contributed by atoms with E-state index >= 15 is 0 Å². The second-order valence-corrected chi connectivity index (χ2v) is 6.22. The van der Waals surface area contributed by atoms with E-state index in [9.17, 15) is 0 Å². The summed E-state index contributed by atoms with van der Waals surface area (Å²) >= 11 is 0. The van der Waals surface area contributed by atoms with Crippen LogP contribution in [0.25, 0.3) is 0 Å². The lowest BCUT2D eigenvalue weighted by Gasteiger charge is -2.26. The molecule has 1 aliphatic heterocycles. The van der Waals surface area contributed by atoms with Crippen molar-refractivity contribution < 1.29 is 9.47 Å². The minimum absolute atomic E-state index is 0.105. The highest BCUT2D eigenvalue weighted by molar-refractivity contribution is 5.61. The molecule has 0 spiro atoms. The molecule has 1 aliphatic rings. The zero-order valence-corrected chi connectivity index (χ0v) is 13.8. The molecule has 0 aliphatic carbocycles. The molecule has 4 nitrogen and oxygen atoms in total. The van der Waals surface area contributed by atoms with Gasteiger partial charge in [0.15, 0.2) is 0 Å². The molecule has 1 heterocycles. The minimum atomic E-state index is 0.105. The fourth-order valence-corrected chi connectivity index (χ4v) is 3.12. The summed E-state index contributed by atoms with van der Waals surface area (Å²) in [4.78, 5) is 0. The van der Waals surface area contributed by atoms with Crippen LogP contribution in [-0.4, -0.2) is 0 Å². The lowest BCUT2D eigenvalue weighted by Crippen LogP contribution is -2.15. The van der Waals surface area contributed by atoms with E-state index in [1.165, 1.54) is 5.56 Å². The fraction of sp³-hybridized carbons (Fsp3) is 0.143. The topological polar surface area (TPSA) is 70.5 Å². The Morgan fingerprint density at radius 2 is 1.76 bits per heavy atom. The zero-order valence-electron chi connectivity index (χ0n) is 13.8. The monoisotopic (exact) mass is 332 g/mol. The molecule has 4 rings (SSSR count). The number of anilines is 2. The molecule has 0 amide bonds. The second kappa shape index (κ2) is 6.40. The van der Waals surface area contributed by atoms with E-state index in [2.05, 4.69) is 12.1 Å². The average molecular weight is 332 g/mol. The molecule has 25 heavy (non-hydrogen) atoms. The van der Waals surface area contributed by atoms with Gasteiger partial charge < -0.3 is 20.9 Å². The Morgan fingerprint density at radius 1 is 0.920 bits per heavy atom. The maximum atomic E-state index is 6.17. The molecule has 3 aromatic rings. The van der Waals surface area contributed by atoms with E-state index in [0.717, 1.165) is 29.9 Å². The Labute approximate surface area is 147 Å². The van der Waals surface area contributed by atoms with Crippen molar-refractivity contribution >= 4 is 11.4 Å². The maximum absolute atomic E-state index is 6.17. The quantitative estimate of drug-likeness (QED) is 0.681. The van der Waals surface area contributed by atoms with Crippen LogP contribution in [0, 0.1) is 0 Å². The third-order valence-electron chi connectivity index (χ3n) is 4.41. The van der Waals surface area contributed by atoms with Gasteiger partial charge in [0.2, 0.25) is 0 Å². The lowest BCUT2D eigenvalue weighted by atomic mass is 9.97. The van der Waals surface area contributed by atoms with Crippen molar-refractivity contribution in [2.45, 2.75) is 18.9 Å². The summed E-state index contributed by atoms with van der Waals surface area (Å²) < 4.78 is 12.1. The highest BCUT2D eigenvalue weighted by atomic mass is 16.5. The number of nitrogens with two attached hydrogens (primary N) is 2. The van der Waals surface area contributed by atoms with Gasteiger partial charge >= 0.3 is 0 Å². The van der Waals surface area contributed by atoms with Gasteiger partial charge in [0.25, 0.3) is 0 Å². The van der Waals surface area contributed by atoms with Crippen LogP contribution in [0.4, 0.5) is 11.4 Å². The van der Waals surface area contributed by atoms with Gasteiger partial charge in [0, 0.05) is 5.69 Å². The number of rotatable bonds is 3. The molecule has 4 heteroatoms. The number of hydrogen-bond donors (Lipinski definition) is 2. The van der Waals surface area contributed by atoms with E-state index in [1.807, 2.05) is 36.4 Å². The van der Waals surface area contributed by atoms with Crippen LogP contribution in [-0.2, 0) is 6.42 Å². The largest absolute Gasteiger partial charge is 0.485 e. The second-order valence-electron chi connectivity index (χ2n) is 6.22. The van der Waals surface area contributed by atoms with Crippen LogP contribution >= 0.6 is 0 Å². The number of nitrogen functional groups attached to an aromatic ring is 2. The van der Waals surface area contributed by atoms with Crippen molar-refractivity contribution in [1.82, 2.24) is 0 Å². The van der Waals surface area contributed by atoms with E-state index in [4.69, 9.17) is 20.9 Å². The summed E-state index contributed by atoms with van der Waals surface area (Å²) in [6.45, 7) is 0. The Bertz CT molecular complexity index is 894. The Morgan fingerprint density at radius 3 is 2.56 bits per heavy atom. The molecule has 1 atom stereocenters. The normalized spacial score (nSPS) is 15.9. The van der Waals surface area contributed by atoms with Gasteiger partial charge in [-0.2, -0.15) is 0 Å². The lowest BCUT2D eigenvalue weighted by molar-refractivity contribution is 0.176. The number of ether oxygens (including phenoxy) is 2. The van der Waals surface area contributed by atoms with Gasteiger partial charge in [-0.15, -0.1) is 0 Å². The molecule has 0 aromatic heterocycles. The van der Waals surface area contributed by atoms with Crippen LogP contribution < -0.4 is 20.9 Å². The van der Waals surface area contributed by atoms with Gasteiger partial charge in [0.1, 0.15) is 23.4 Å². The van der Waals surface area contributed by atoms with Crippen molar-refractivity contribution in [1.29, 1.82) is 0 Å². The molecular weight excluding hydrogens is 312 g/mol. The molecule has 0 saturated heterocycles. The summed E-state index contributed by atoms with van der Waals surface area (Å²) in [6, 6.07) is 21.5. The van der Waals surface area contributed by atoms with Crippen molar-refractivity contribution in [3.05, 3.63) is 77.9 Å². The Kier molecular flexibility index (Phi) is 3.94. The van der Waals surface area contributed by atoms with E-state index in [0.29, 0.717) is 17.1 Å². The Balaban J connectivity index is 1.53. The number of aryl methyl sites for hydroxylation is 1. The first kappa shape index (κ1) is 15.4. The summed E-state index contributed by atoms with van der Waals surface area (Å²) in [7, 11) is 0.